The van der Waals surface area contributed by atoms with Crippen LogP contribution in [0.4, 0.5) is 0 Å². The van der Waals surface area contributed by atoms with Gasteiger partial charge in [-0.3, -0.25) is 0 Å². The zero-order valence-electron chi connectivity index (χ0n) is 11.5. The number of carbonyl (C=O) groups is 2. The van der Waals surface area contributed by atoms with Gasteiger partial charge in [0.25, 0.3) is 0 Å². The molecule has 108 valence electrons. The predicted octanol–water partition coefficient (Wildman–Crippen LogP) is 1.74. The van der Waals surface area contributed by atoms with Gasteiger partial charge in [0.2, 0.25) is 0 Å². The molecule has 1 aliphatic rings. The van der Waals surface area contributed by atoms with Crippen LogP contribution in [0.25, 0.3) is 11.0 Å². The van der Waals surface area contributed by atoms with Gasteiger partial charge in [-0.15, -0.1) is 0 Å². The van der Waals surface area contributed by atoms with Crippen molar-refractivity contribution in [3.05, 3.63) is 23.5 Å². The van der Waals surface area contributed by atoms with Gasteiger partial charge in [0, 0.05) is 0 Å². The summed E-state index contributed by atoms with van der Waals surface area (Å²) in [5, 5.41) is 0. The minimum atomic E-state index is -0.798. The second-order valence-electron chi connectivity index (χ2n) is 4.22. The second kappa shape index (κ2) is 5.01. The second-order valence-corrected chi connectivity index (χ2v) is 4.22. The van der Waals surface area contributed by atoms with E-state index in [9.17, 15) is 9.59 Å². The lowest BCUT2D eigenvalue weighted by atomic mass is 10.2. The summed E-state index contributed by atoms with van der Waals surface area (Å²) in [6.45, 7) is 4.54. The molecule has 0 spiro atoms. The number of aromatic nitrogens is 2. The summed E-state index contributed by atoms with van der Waals surface area (Å²) >= 11 is 0. The predicted molar refractivity (Wildman–Crippen MR) is 71.6 cm³/mol. The van der Waals surface area contributed by atoms with E-state index in [4.69, 9.17) is 9.47 Å². The lowest BCUT2D eigenvalue weighted by Crippen LogP contribution is -2.04. The number of esters is 2. The van der Waals surface area contributed by atoms with Crippen molar-refractivity contribution in [1.82, 2.24) is 9.97 Å². The van der Waals surface area contributed by atoms with E-state index in [0.29, 0.717) is 35.7 Å². The first-order valence-corrected chi connectivity index (χ1v) is 6.52. The van der Waals surface area contributed by atoms with Gasteiger partial charge < -0.3 is 14.2 Å². The number of benzene rings is 1. The third-order valence-corrected chi connectivity index (χ3v) is 2.92. The van der Waals surface area contributed by atoms with Gasteiger partial charge in [-0.05, 0) is 26.0 Å². The Morgan fingerprint density at radius 3 is 1.71 bits per heavy atom. The smallest absolute Gasteiger partial charge is 0.367 e. The first-order valence-electron chi connectivity index (χ1n) is 6.52. The molecule has 0 saturated carbocycles. The SMILES string of the molecule is CCOc1ccc(OCC)c2nc3c(nc12)C(=O)OC3=O. The zero-order chi connectivity index (χ0) is 15.0. The fraction of sp³-hybridized carbons (Fsp3) is 0.286. The average Bonchev–Trinajstić information content (AvgIpc) is 2.75. The summed E-state index contributed by atoms with van der Waals surface area (Å²) in [6.07, 6.45) is 0. The summed E-state index contributed by atoms with van der Waals surface area (Å²) in [4.78, 5) is 31.5. The Morgan fingerprint density at radius 2 is 1.33 bits per heavy atom. The lowest BCUT2D eigenvalue weighted by Gasteiger charge is -2.10. The molecule has 7 heteroatoms. The Balaban J connectivity index is 2.30. The highest BCUT2D eigenvalue weighted by Gasteiger charge is 2.34. The molecule has 2 heterocycles. The Bertz CT molecular complexity index is 694. The van der Waals surface area contributed by atoms with E-state index in [1.54, 1.807) is 12.1 Å². The van der Waals surface area contributed by atoms with E-state index < -0.39 is 11.9 Å². The molecule has 2 aromatic rings. The van der Waals surface area contributed by atoms with Crippen LogP contribution < -0.4 is 9.47 Å². The summed E-state index contributed by atoms with van der Waals surface area (Å²) in [6, 6.07) is 3.39. The first kappa shape index (κ1) is 13.3. The van der Waals surface area contributed by atoms with E-state index in [1.807, 2.05) is 13.8 Å². The highest BCUT2D eigenvalue weighted by Crippen LogP contribution is 2.32. The number of hydrogen-bond acceptors (Lipinski definition) is 7. The highest BCUT2D eigenvalue weighted by atomic mass is 16.6. The Kier molecular flexibility index (Phi) is 3.17. The molecule has 0 N–H and O–H groups in total. The van der Waals surface area contributed by atoms with Crippen molar-refractivity contribution in [3.8, 4) is 11.5 Å². The maximum atomic E-state index is 11.6. The zero-order valence-corrected chi connectivity index (χ0v) is 11.5. The minimum Gasteiger partial charge on any atom is -0.492 e. The molecule has 1 aliphatic heterocycles. The third kappa shape index (κ3) is 2.06. The topological polar surface area (TPSA) is 87.6 Å². The number of hydrogen-bond donors (Lipinski definition) is 0. The molecule has 3 rings (SSSR count). The van der Waals surface area contributed by atoms with Crippen molar-refractivity contribution in [1.29, 1.82) is 0 Å². The molecular formula is C14H12N2O5. The van der Waals surface area contributed by atoms with Gasteiger partial charge in [0.15, 0.2) is 11.4 Å². The molecule has 0 saturated heterocycles. The van der Waals surface area contributed by atoms with Crippen LogP contribution in [-0.4, -0.2) is 35.1 Å². The minimum absolute atomic E-state index is 0.0953. The molecule has 0 amide bonds. The fourth-order valence-corrected chi connectivity index (χ4v) is 2.10. The molecule has 1 aromatic heterocycles. The van der Waals surface area contributed by atoms with Crippen molar-refractivity contribution < 1.29 is 23.8 Å². The average molecular weight is 288 g/mol. The maximum absolute atomic E-state index is 11.6. The summed E-state index contributed by atoms with van der Waals surface area (Å²) in [7, 11) is 0. The summed E-state index contributed by atoms with van der Waals surface area (Å²) in [5.74, 6) is -0.654. The first-order chi connectivity index (χ1) is 10.2. The molecule has 7 nitrogen and oxygen atoms in total. The van der Waals surface area contributed by atoms with Crippen LogP contribution in [0.15, 0.2) is 12.1 Å². The summed E-state index contributed by atoms with van der Waals surface area (Å²) in [5.41, 5.74) is 0.547. The van der Waals surface area contributed by atoms with Crippen molar-refractivity contribution in [3.63, 3.8) is 0 Å². The molecule has 0 atom stereocenters. The van der Waals surface area contributed by atoms with Crippen molar-refractivity contribution in [2.75, 3.05) is 13.2 Å². The quantitative estimate of drug-likeness (QED) is 0.625. The normalized spacial score (nSPS) is 13.2. The van der Waals surface area contributed by atoms with Crippen LogP contribution in [0.2, 0.25) is 0 Å². The van der Waals surface area contributed by atoms with E-state index >= 15 is 0 Å². The van der Waals surface area contributed by atoms with Crippen molar-refractivity contribution in [2.24, 2.45) is 0 Å². The molecule has 1 aromatic carbocycles. The van der Waals surface area contributed by atoms with Gasteiger partial charge in [0.05, 0.1) is 13.2 Å². The number of carbonyl (C=O) groups excluding carboxylic acids is 2. The fourth-order valence-electron chi connectivity index (χ4n) is 2.10. The number of fused-ring (bicyclic) bond motifs is 2. The maximum Gasteiger partial charge on any atom is 0.367 e. The molecule has 0 aliphatic carbocycles. The van der Waals surface area contributed by atoms with Crippen LogP contribution in [0.3, 0.4) is 0 Å². The number of nitrogens with zero attached hydrogens (tertiary/aromatic N) is 2. The molecule has 0 unspecified atom stereocenters. The largest absolute Gasteiger partial charge is 0.492 e. The van der Waals surface area contributed by atoms with E-state index in [0.717, 1.165) is 0 Å². The Morgan fingerprint density at radius 1 is 0.905 bits per heavy atom. The van der Waals surface area contributed by atoms with Crippen LogP contribution in [0.1, 0.15) is 34.8 Å². The van der Waals surface area contributed by atoms with E-state index in [2.05, 4.69) is 14.7 Å². The molecule has 0 radical (unpaired) electrons. The molecule has 0 bridgehead atoms. The van der Waals surface area contributed by atoms with Crippen LogP contribution >= 0.6 is 0 Å². The Labute approximate surface area is 119 Å². The standard InChI is InChI=1S/C14H12N2O5/c1-3-19-7-5-6-8(20-4-2)10-9(7)15-11-12(16-10)14(18)21-13(11)17/h5-6H,3-4H2,1-2H3. The van der Waals surface area contributed by atoms with E-state index in [1.165, 1.54) is 0 Å². The van der Waals surface area contributed by atoms with Crippen LogP contribution in [0, 0.1) is 0 Å². The Hall–Kier alpha value is -2.70. The van der Waals surface area contributed by atoms with Gasteiger partial charge in [0.1, 0.15) is 22.5 Å². The molecule has 21 heavy (non-hydrogen) atoms. The lowest BCUT2D eigenvalue weighted by molar-refractivity contribution is 0.0439. The van der Waals surface area contributed by atoms with Gasteiger partial charge in [-0.2, -0.15) is 0 Å². The monoisotopic (exact) mass is 288 g/mol. The van der Waals surface area contributed by atoms with E-state index in [-0.39, 0.29) is 11.4 Å². The number of rotatable bonds is 4. The third-order valence-electron chi connectivity index (χ3n) is 2.92. The number of cyclic esters (lactones) is 2. The van der Waals surface area contributed by atoms with Crippen LogP contribution in [0.5, 0.6) is 11.5 Å². The summed E-state index contributed by atoms with van der Waals surface area (Å²) < 4.78 is 15.5. The van der Waals surface area contributed by atoms with Gasteiger partial charge in [-0.25, -0.2) is 19.6 Å². The van der Waals surface area contributed by atoms with Crippen molar-refractivity contribution in [2.45, 2.75) is 13.8 Å². The highest BCUT2D eigenvalue weighted by molar-refractivity contribution is 6.13. The number of ether oxygens (including phenoxy) is 3. The van der Waals surface area contributed by atoms with Gasteiger partial charge in [-0.1, -0.05) is 0 Å². The van der Waals surface area contributed by atoms with Gasteiger partial charge >= 0.3 is 11.9 Å². The molecular weight excluding hydrogens is 276 g/mol. The van der Waals surface area contributed by atoms with Crippen molar-refractivity contribution >= 4 is 23.0 Å². The molecule has 0 fully saturated rings. The van der Waals surface area contributed by atoms with Crippen LogP contribution in [-0.2, 0) is 4.74 Å².